The van der Waals surface area contributed by atoms with Gasteiger partial charge in [0.15, 0.2) is 0 Å². The number of esters is 1. The van der Waals surface area contributed by atoms with E-state index in [0.29, 0.717) is 36.6 Å². The lowest BCUT2D eigenvalue weighted by molar-refractivity contribution is -0.135. The Morgan fingerprint density at radius 3 is 2.37 bits per heavy atom. The Morgan fingerprint density at radius 2 is 1.81 bits per heavy atom. The molecule has 6 nitrogen and oxygen atoms in total. The van der Waals surface area contributed by atoms with Crippen LogP contribution in [0.3, 0.4) is 0 Å². The molecule has 1 heterocycles. The molecule has 1 atom stereocenters. The third kappa shape index (κ3) is 3.70. The summed E-state index contributed by atoms with van der Waals surface area (Å²) in [4.78, 5) is 27.6. The van der Waals surface area contributed by atoms with Gasteiger partial charge in [-0.1, -0.05) is 18.2 Å². The van der Waals surface area contributed by atoms with E-state index >= 15 is 0 Å². The highest BCUT2D eigenvalue weighted by Gasteiger charge is 2.47. The van der Waals surface area contributed by atoms with Crippen molar-refractivity contribution in [3.05, 3.63) is 30.3 Å². The normalized spacial score (nSPS) is 22.0. The molecule has 144 valence electrons. The molecule has 2 aliphatic carbocycles. The number of anilines is 1. The zero-order valence-electron chi connectivity index (χ0n) is 16.0. The molecule has 0 saturated heterocycles. The first-order chi connectivity index (χ1) is 13.1. The van der Waals surface area contributed by atoms with Crippen LogP contribution in [0.4, 0.5) is 5.69 Å². The number of carbonyl (C=O) groups is 2. The van der Waals surface area contributed by atoms with E-state index in [-0.39, 0.29) is 5.91 Å². The van der Waals surface area contributed by atoms with Crippen molar-refractivity contribution in [2.75, 3.05) is 18.7 Å². The summed E-state index contributed by atoms with van der Waals surface area (Å²) in [5, 5.41) is 6.17. The molecule has 1 amide bonds. The molecule has 0 N–H and O–H groups in total. The standard InChI is InChI=1S/C21H27N3O3/c1-3-27-21(26)17-13-18(24(22-17)16-7-5-4-6-8-16)20(25)23(2)19(14-9-10-14)15-11-12-15/h4-8,14-15,18-19H,3,9-13H2,1-2H3. The Bertz CT molecular complexity index is 728. The quantitative estimate of drug-likeness (QED) is 0.694. The van der Waals surface area contributed by atoms with Gasteiger partial charge in [-0.15, -0.1) is 0 Å². The molecule has 2 fully saturated rings. The van der Waals surface area contributed by atoms with Crippen molar-refractivity contribution in [3.63, 3.8) is 0 Å². The number of nitrogens with zero attached hydrogens (tertiary/aromatic N) is 3. The molecule has 0 bridgehead atoms. The van der Waals surface area contributed by atoms with Gasteiger partial charge in [-0.2, -0.15) is 5.10 Å². The molecule has 1 aromatic carbocycles. The topological polar surface area (TPSA) is 62.2 Å². The first-order valence-corrected chi connectivity index (χ1v) is 9.95. The van der Waals surface area contributed by atoms with Crippen LogP contribution in [-0.4, -0.2) is 48.2 Å². The molecular weight excluding hydrogens is 342 g/mol. The van der Waals surface area contributed by atoms with E-state index in [1.165, 1.54) is 25.7 Å². The van der Waals surface area contributed by atoms with Crippen LogP contribution >= 0.6 is 0 Å². The predicted octanol–water partition coefficient (Wildman–Crippen LogP) is 2.83. The highest BCUT2D eigenvalue weighted by atomic mass is 16.5. The van der Waals surface area contributed by atoms with Gasteiger partial charge in [0.25, 0.3) is 0 Å². The number of carbonyl (C=O) groups excluding carboxylic acids is 2. The lowest BCUT2D eigenvalue weighted by Crippen LogP contribution is -2.49. The average molecular weight is 369 g/mol. The van der Waals surface area contributed by atoms with Crippen LogP contribution in [0.25, 0.3) is 0 Å². The van der Waals surface area contributed by atoms with Gasteiger partial charge >= 0.3 is 5.97 Å². The number of ether oxygens (including phenoxy) is 1. The molecule has 0 aromatic heterocycles. The fourth-order valence-electron chi connectivity index (χ4n) is 4.13. The highest BCUT2D eigenvalue weighted by molar-refractivity contribution is 6.38. The number of hydrogen-bond donors (Lipinski definition) is 0. The maximum Gasteiger partial charge on any atom is 0.354 e. The lowest BCUT2D eigenvalue weighted by Gasteiger charge is -2.33. The maximum absolute atomic E-state index is 13.4. The van der Waals surface area contributed by atoms with Gasteiger partial charge in [-0.05, 0) is 56.6 Å². The molecule has 27 heavy (non-hydrogen) atoms. The number of rotatable bonds is 7. The van der Waals surface area contributed by atoms with Gasteiger partial charge in [0, 0.05) is 19.5 Å². The number of likely N-dealkylation sites (N-methyl/N-ethyl adjacent to an activating group) is 1. The van der Waals surface area contributed by atoms with Crippen LogP contribution < -0.4 is 5.01 Å². The summed E-state index contributed by atoms with van der Waals surface area (Å²) < 4.78 is 5.12. The number of para-hydroxylation sites is 1. The summed E-state index contributed by atoms with van der Waals surface area (Å²) in [6.45, 7) is 2.07. The minimum atomic E-state index is -0.489. The Labute approximate surface area is 160 Å². The fraction of sp³-hybridized carbons (Fsp3) is 0.571. The number of hydrazone groups is 1. The Morgan fingerprint density at radius 1 is 1.19 bits per heavy atom. The molecular formula is C21H27N3O3. The third-order valence-electron chi connectivity index (χ3n) is 5.73. The summed E-state index contributed by atoms with van der Waals surface area (Å²) in [5.74, 6) is 0.898. The van der Waals surface area contributed by atoms with Crippen molar-refractivity contribution < 1.29 is 14.3 Å². The molecule has 0 spiro atoms. The van der Waals surface area contributed by atoms with E-state index in [0.717, 1.165) is 5.69 Å². The third-order valence-corrected chi connectivity index (χ3v) is 5.73. The second-order valence-electron chi connectivity index (χ2n) is 7.78. The summed E-state index contributed by atoms with van der Waals surface area (Å²) >= 11 is 0. The minimum Gasteiger partial charge on any atom is -0.461 e. The number of benzene rings is 1. The predicted molar refractivity (Wildman–Crippen MR) is 103 cm³/mol. The zero-order chi connectivity index (χ0) is 19.0. The van der Waals surface area contributed by atoms with E-state index < -0.39 is 12.0 Å². The van der Waals surface area contributed by atoms with Crippen molar-refractivity contribution in [3.8, 4) is 0 Å². The smallest absolute Gasteiger partial charge is 0.354 e. The van der Waals surface area contributed by atoms with Gasteiger partial charge in [0.05, 0.1) is 12.3 Å². The first kappa shape index (κ1) is 18.0. The van der Waals surface area contributed by atoms with E-state index in [4.69, 9.17) is 4.74 Å². The second kappa shape index (κ2) is 7.33. The average Bonchev–Trinajstić information content (AvgIpc) is 3.62. The van der Waals surface area contributed by atoms with Crippen LogP contribution in [0.5, 0.6) is 0 Å². The molecule has 4 rings (SSSR count). The molecule has 2 saturated carbocycles. The summed E-state index contributed by atoms with van der Waals surface area (Å²) in [6.07, 6.45) is 5.17. The first-order valence-electron chi connectivity index (χ1n) is 9.95. The largest absolute Gasteiger partial charge is 0.461 e. The van der Waals surface area contributed by atoms with Crippen LogP contribution in [0, 0.1) is 11.8 Å². The van der Waals surface area contributed by atoms with Gasteiger partial charge < -0.3 is 9.64 Å². The summed E-state index contributed by atoms with van der Waals surface area (Å²) in [5.41, 5.74) is 1.14. The van der Waals surface area contributed by atoms with E-state index in [1.807, 2.05) is 42.3 Å². The maximum atomic E-state index is 13.4. The van der Waals surface area contributed by atoms with E-state index in [9.17, 15) is 9.59 Å². The van der Waals surface area contributed by atoms with Gasteiger partial charge in [0.1, 0.15) is 11.8 Å². The van der Waals surface area contributed by atoms with Gasteiger partial charge in [-0.3, -0.25) is 9.80 Å². The van der Waals surface area contributed by atoms with Crippen molar-refractivity contribution in [2.24, 2.45) is 16.9 Å². The Kier molecular flexibility index (Phi) is 4.89. The molecule has 3 aliphatic rings. The van der Waals surface area contributed by atoms with Crippen molar-refractivity contribution in [2.45, 2.75) is 51.1 Å². The van der Waals surface area contributed by atoms with Crippen molar-refractivity contribution >= 4 is 23.3 Å². The van der Waals surface area contributed by atoms with Crippen LogP contribution in [-0.2, 0) is 14.3 Å². The monoisotopic (exact) mass is 369 g/mol. The van der Waals surface area contributed by atoms with Gasteiger partial charge in [-0.25, -0.2) is 4.79 Å². The summed E-state index contributed by atoms with van der Waals surface area (Å²) in [7, 11) is 1.93. The van der Waals surface area contributed by atoms with Crippen LogP contribution in [0.15, 0.2) is 35.4 Å². The van der Waals surface area contributed by atoms with Gasteiger partial charge in [0.2, 0.25) is 5.91 Å². The highest BCUT2D eigenvalue weighted by Crippen LogP contribution is 2.47. The molecule has 1 aromatic rings. The number of amides is 1. The molecule has 6 heteroatoms. The Balaban J connectivity index is 1.57. The zero-order valence-corrected chi connectivity index (χ0v) is 16.0. The van der Waals surface area contributed by atoms with Crippen molar-refractivity contribution in [1.82, 2.24) is 4.90 Å². The van der Waals surface area contributed by atoms with Crippen molar-refractivity contribution in [1.29, 1.82) is 0 Å². The minimum absolute atomic E-state index is 0.0469. The van der Waals surface area contributed by atoms with Crippen LogP contribution in [0.2, 0.25) is 0 Å². The lowest BCUT2D eigenvalue weighted by atomic mass is 10.0. The second-order valence-corrected chi connectivity index (χ2v) is 7.78. The SMILES string of the molecule is CCOC(=O)C1=NN(c2ccccc2)C(C(=O)N(C)C(C2CC2)C2CC2)C1. The fourth-order valence-corrected chi connectivity index (χ4v) is 4.13. The van der Waals surface area contributed by atoms with E-state index in [2.05, 4.69) is 5.10 Å². The Hall–Kier alpha value is -2.37. The molecule has 1 unspecified atom stereocenters. The van der Waals surface area contributed by atoms with Crippen LogP contribution in [0.1, 0.15) is 39.0 Å². The summed E-state index contributed by atoms with van der Waals surface area (Å²) in [6, 6.07) is 9.42. The van der Waals surface area contributed by atoms with E-state index in [1.54, 1.807) is 11.9 Å². The number of hydrogen-bond acceptors (Lipinski definition) is 5. The molecule has 1 aliphatic heterocycles. The molecule has 0 radical (unpaired) electrons.